The van der Waals surface area contributed by atoms with Gasteiger partial charge in [-0.25, -0.2) is 9.18 Å². The first-order chi connectivity index (χ1) is 14.9. The first-order valence-corrected chi connectivity index (χ1v) is 10.4. The Morgan fingerprint density at radius 1 is 1.29 bits per heavy atom. The van der Waals surface area contributed by atoms with E-state index in [1.165, 1.54) is 13.2 Å². The summed E-state index contributed by atoms with van der Waals surface area (Å²) in [6.07, 6.45) is 2.45. The molecule has 0 bridgehead atoms. The van der Waals surface area contributed by atoms with E-state index in [0.717, 1.165) is 23.8 Å². The van der Waals surface area contributed by atoms with Gasteiger partial charge in [0, 0.05) is 19.1 Å². The van der Waals surface area contributed by atoms with Gasteiger partial charge in [0.2, 0.25) is 0 Å². The normalized spacial score (nSPS) is 18.5. The van der Waals surface area contributed by atoms with Crippen LogP contribution >= 0.6 is 0 Å². The van der Waals surface area contributed by atoms with E-state index in [-0.39, 0.29) is 47.8 Å². The highest BCUT2D eigenvalue weighted by Gasteiger charge is 2.34. The van der Waals surface area contributed by atoms with Crippen LogP contribution in [0.1, 0.15) is 25.3 Å². The number of fused-ring (bicyclic) bond motifs is 1. The number of halogens is 1. The van der Waals surface area contributed by atoms with Crippen molar-refractivity contribution in [3.05, 3.63) is 32.7 Å². The van der Waals surface area contributed by atoms with E-state index < -0.39 is 17.1 Å². The molecule has 6 N–H and O–H groups in total. The lowest BCUT2D eigenvalue weighted by Gasteiger charge is -2.24. The molecule has 4 rings (SSSR count). The smallest absolute Gasteiger partial charge is 0.331 e. The molecule has 31 heavy (non-hydrogen) atoms. The summed E-state index contributed by atoms with van der Waals surface area (Å²) < 4.78 is 23.6. The summed E-state index contributed by atoms with van der Waals surface area (Å²) in [6, 6.07) is 1.15. The number of rotatable bonds is 7. The summed E-state index contributed by atoms with van der Waals surface area (Å²) in [5.41, 5.74) is 16.0. The Labute approximate surface area is 178 Å². The summed E-state index contributed by atoms with van der Waals surface area (Å²) >= 11 is 0. The fraction of sp³-hybridized carbons (Fsp3) is 0.550. The second-order valence-corrected chi connectivity index (χ2v) is 8.12. The van der Waals surface area contributed by atoms with Gasteiger partial charge in [-0.05, 0) is 37.8 Å². The lowest BCUT2D eigenvalue weighted by Crippen LogP contribution is -2.41. The molecule has 1 atom stereocenters. The van der Waals surface area contributed by atoms with Gasteiger partial charge in [-0.3, -0.25) is 18.9 Å². The molecule has 1 saturated heterocycles. The van der Waals surface area contributed by atoms with Gasteiger partial charge in [-0.2, -0.15) is 0 Å². The molecule has 2 fully saturated rings. The Hall–Kier alpha value is -3.08. The summed E-state index contributed by atoms with van der Waals surface area (Å²) in [5, 5.41) is 0.101. The number of hydrogen-bond donors (Lipinski definition) is 3. The van der Waals surface area contributed by atoms with E-state index >= 15 is 4.39 Å². The van der Waals surface area contributed by atoms with Gasteiger partial charge in [0.25, 0.3) is 5.56 Å². The molecule has 0 spiro atoms. The minimum absolute atomic E-state index is 0.00574. The molecule has 0 unspecified atom stereocenters. The Bertz CT molecular complexity index is 1150. The molecule has 2 heterocycles. The Morgan fingerprint density at radius 3 is 2.61 bits per heavy atom. The van der Waals surface area contributed by atoms with Gasteiger partial charge in [0.1, 0.15) is 11.2 Å². The molecule has 0 amide bonds. The lowest BCUT2D eigenvalue weighted by molar-refractivity contribution is 0.412. The van der Waals surface area contributed by atoms with Crippen molar-refractivity contribution in [1.29, 1.82) is 0 Å². The van der Waals surface area contributed by atoms with E-state index in [4.69, 9.17) is 21.9 Å². The fourth-order valence-electron chi connectivity index (χ4n) is 4.33. The predicted octanol–water partition coefficient (Wildman–Crippen LogP) is -0.296. The number of anilines is 1. The number of nitrogens with zero attached hydrogens (tertiary/aromatic N) is 4. The SMILES string of the molecule is COc1c(N2CC[C@@H](CN)C2)c(F)cc2c(=O)n(CCN=C(N)N)c(=O)n(C3CC3)c12. The van der Waals surface area contributed by atoms with E-state index in [2.05, 4.69) is 4.99 Å². The zero-order valence-electron chi connectivity index (χ0n) is 17.5. The first-order valence-electron chi connectivity index (χ1n) is 10.4. The monoisotopic (exact) mass is 433 g/mol. The summed E-state index contributed by atoms with van der Waals surface area (Å²) in [4.78, 5) is 32.2. The highest BCUT2D eigenvalue weighted by molar-refractivity contribution is 5.91. The van der Waals surface area contributed by atoms with Crippen molar-refractivity contribution in [1.82, 2.24) is 9.13 Å². The standard InChI is InChI=1S/C20H28FN7O3/c1-31-17-15-13(8-14(21)16(17)26-6-4-11(9-22)10-26)18(29)27(7-5-25-19(23)24)20(30)28(15)12-2-3-12/h8,11-12H,2-7,9-10,22H2,1H3,(H4,23,24,25)/t11-/m0/s1. The van der Waals surface area contributed by atoms with Gasteiger partial charge >= 0.3 is 5.69 Å². The average molecular weight is 433 g/mol. The summed E-state index contributed by atoms with van der Waals surface area (Å²) in [6.45, 7) is 1.80. The molecule has 1 aliphatic heterocycles. The highest BCUT2D eigenvalue weighted by atomic mass is 19.1. The van der Waals surface area contributed by atoms with Crippen LogP contribution in [0, 0.1) is 11.7 Å². The maximum absolute atomic E-state index is 15.3. The average Bonchev–Trinajstić information content (AvgIpc) is 3.46. The van der Waals surface area contributed by atoms with Gasteiger partial charge in [0.15, 0.2) is 17.5 Å². The number of benzene rings is 1. The second kappa shape index (κ2) is 8.22. The van der Waals surface area contributed by atoms with Crippen molar-refractivity contribution in [2.45, 2.75) is 31.8 Å². The van der Waals surface area contributed by atoms with Gasteiger partial charge < -0.3 is 26.8 Å². The third kappa shape index (κ3) is 3.73. The molecule has 2 aromatic rings. The first kappa shape index (κ1) is 21.2. The largest absolute Gasteiger partial charge is 0.492 e. The third-order valence-electron chi connectivity index (χ3n) is 6.01. The van der Waals surface area contributed by atoms with Crippen molar-refractivity contribution in [3.8, 4) is 5.75 Å². The fourth-order valence-corrected chi connectivity index (χ4v) is 4.33. The van der Waals surface area contributed by atoms with E-state index in [1.807, 2.05) is 4.90 Å². The zero-order valence-corrected chi connectivity index (χ0v) is 17.5. The van der Waals surface area contributed by atoms with Crippen molar-refractivity contribution >= 4 is 22.5 Å². The van der Waals surface area contributed by atoms with Gasteiger partial charge in [0.05, 0.1) is 25.6 Å². The minimum atomic E-state index is -0.590. The minimum Gasteiger partial charge on any atom is -0.492 e. The van der Waals surface area contributed by atoms with Crippen molar-refractivity contribution in [3.63, 3.8) is 0 Å². The van der Waals surface area contributed by atoms with Crippen LogP contribution in [0.2, 0.25) is 0 Å². The summed E-state index contributed by atoms with van der Waals surface area (Å²) in [5.74, 6) is -0.217. The topological polar surface area (TPSA) is 147 Å². The van der Waals surface area contributed by atoms with Gasteiger partial charge in [-0.15, -0.1) is 0 Å². The van der Waals surface area contributed by atoms with E-state index in [0.29, 0.717) is 25.2 Å². The molecule has 1 aliphatic carbocycles. The van der Waals surface area contributed by atoms with Crippen LogP contribution < -0.4 is 38.1 Å². The predicted molar refractivity (Wildman–Crippen MR) is 117 cm³/mol. The molecule has 1 saturated carbocycles. The maximum atomic E-state index is 15.3. The maximum Gasteiger partial charge on any atom is 0.331 e. The zero-order chi connectivity index (χ0) is 22.3. The summed E-state index contributed by atoms with van der Waals surface area (Å²) in [7, 11) is 1.43. The van der Waals surface area contributed by atoms with Crippen LogP contribution in [0.3, 0.4) is 0 Å². The van der Waals surface area contributed by atoms with Crippen LogP contribution in [0.25, 0.3) is 10.9 Å². The van der Waals surface area contributed by atoms with Gasteiger partial charge in [-0.1, -0.05) is 0 Å². The van der Waals surface area contributed by atoms with Crippen molar-refractivity contribution < 1.29 is 9.13 Å². The van der Waals surface area contributed by atoms with Crippen LogP contribution in [-0.4, -0.2) is 48.4 Å². The van der Waals surface area contributed by atoms with Crippen LogP contribution in [0.4, 0.5) is 10.1 Å². The Kier molecular flexibility index (Phi) is 5.61. The molecule has 168 valence electrons. The quantitative estimate of drug-likeness (QED) is 0.401. The number of ether oxygens (including phenoxy) is 1. The van der Waals surface area contributed by atoms with Crippen LogP contribution in [0.5, 0.6) is 5.75 Å². The molecular weight excluding hydrogens is 405 g/mol. The number of aliphatic imine (C=N–C) groups is 1. The number of guanidine groups is 1. The molecule has 10 nitrogen and oxygen atoms in total. The highest BCUT2D eigenvalue weighted by Crippen LogP contribution is 2.43. The number of aromatic nitrogens is 2. The molecular formula is C20H28FN7O3. The Morgan fingerprint density at radius 2 is 2.03 bits per heavy atom. The lowest BCUT2D eigenvalue weighted by atomic mass is 10.1. The molecule has 11 heteroatoms. The third-order valence-corrected chi connectivity index (χ3v) is 6.01. The molecule has 2 aliphatic rings. The number of methoxy groups -OCH3 is 1. The van der Waals surface area contributed by atoms with Crippen molar-refractivity contribution in [2.24, 2.45) is 28.1 Å². The molecule has 1 aromatic carbocycles. The van der Waals surface area contributed by atoms with E-state index in [9.17, 15) is 9.59 Å². The number of nitrogens with two attached hydrogens (primary N) is 3. The molecule has 0 radical (unpaired) electrons. The second-order valence-electron chi connectivity index (χ2n) is 8.12. The van der Waals surface area contributed by atoms with Crippen LogP contribution in [0.15, 0.2) is 20.6 Å². The number of hydrogen-bond acceptors (Lipinski definition) is 6. The van der Waals surface area contributed by atoms with Crippen LogP contribution in [-0.2, 0) is 6.54 Å². The van der Waals surface area contributed by atoms with E-state index in [1.54, 1.807) is 4.57 Å². The molecule has 1 aromatic heterocycles. The Balaban J connectivity index is 1.95. The van der Waals surface area contributed by atoms with Crippen molar-refractivity contribution in [2.75, 3.05) is 38.2 Å².